The van der Waals surface area contributed by atoms with Crippen LogP contribution in [0.15, 0.2) is 40.9 Å². The van der Waals surface area contributed by atoms with E-state index < -0.39 is 0 Å². The molecule has 0 aliphatic carbocycles. The van der Waals surface area contributed by atoms with Crippen LogP contribution in [-0.2, 0) is 6.42 Å². The summed E-state index contributed by atoms with van der Waals surface area (Å²) in [4.78, 5) is 0. The van der Waals surface area contributed by atoms with Gasteiger partial charge in [0.2, 0.25) is 0 Å². The Bertz CT molecular complexity index is 613. The van der Waals surface area contributed by atoms with Crippen LogP contribution in [0.5, 0.6) is 11.5 Å². The molecule has 0 fully saturated rings. The number of hydrogen-bond acceptors (Lipinski definition) is 2. The van der Waals surface area contributed by atoms with Crippen LogP contribution in [0.3, 0.4) is 0 Å². The summed E-state index contributed by atoms with van der Waals surface area (Å²) in [5, 5.41) is 0. The van der Waals surface area contributed by atoms with Gasteiger partial charge in [-0.3, -0.25) is 0 Å². The predicted octanol–water partition coefficient (Wildman–Crippen LogP) is 4.58. The van der Waals surface area contributed by atoms with Gasteiger partial charge >= 0.3 is 0 Å². The molecule has 0 radical (unpaired) electrons. The molecular formula is C16H17BrFNO. The zero-order chi connectivity index (χ0) is 14.7. The highest BCUT2D eigenvalue weighted by Crippen LogP contribution is 2.28. The van der Waals surface area contributed by atoms with E-state index in [4.69, 9.17) is 10.5 Å². The molecule has 2 N–H and O–H groups in total. The number of hydrogen-bond donors (Lipinski definition) is 1. The molecule has 0 aliphatic heterocycles. The standard InChI is InChI=1S/C16H17BrFNO/c1-10-7-13(4-5-14(10)17)20-16-6-3-12(8-11(2)19)9-15(16)18/h3-7,9,11H,8,19H2,1-2H3. The molecule has 2 aromatic carbocycles. The summed E-state index contributed by atoms with van der Waals surface area (Å²) in [5.74, 6) is 0.466. The molecule has 106 valence electrons. The molecule has 0 amide bonds. The van der Waals surface area contributed by atoms with E-state index in [0.717, 1.165) is 15.6 Å². The van der Waals surface area contributed by atoms with Crippen molar-refractivity contribution < 1.29 is 9.13 Å². The SMILES string of the molecule is Cc1cc(Oc2ccc(CC(C)N)cc2F)ccc1Br. The summed E-state index contributed by atoms with van der Waals surface area (Å²) < 4.78 is 20.6. The molecule has 0 bridgehead atoms. The first-order valence-corrected chi connectivity index (χ1v) is 7.23. The molecule has 0 saturated carbocycles. The molecule has 2 aromatic rings. The lowest BCUT2D eigenvalue weighted by Crippen LogP contribution is -2.17. The van der Waals surface area contributed by atoms with Gasteiger partial charge in [-0.15, -0.1) is 0 Å². The first-order valence-electron chi connectivity index (χ1n) is 6.43. The van der Waals surface area contributed by atoms with Gasteiger partial charge in [-0.05, 0) is 61.7 Å². The summed E-state index contributed by atoms with van der Waals surface area (Å²) in [5.41, 5.74) is 7.62. The van der Waals surface area contributed by atoms with Crippen molar-refractivity contribution in [1.82, 2.24) is 0 Å². The van der Waals surface area contributed by atoms with Gasteiger partial charge in [0.05, 0.1) is 0 Å². The lowest BCUT2D eigenvalue weighted by Gasteiger charge is -2.10. The number of halogens is 2. The third kappa shape index (κ3) is 3.81. The number of aryl methyl sites for hydroxylation is 1. The van der Waals surface area contributed by atoms with Gasteiger partial charge in [0.25, 0.3) is 0 Å². The van der Waals surface area contributed by atoms with E-state index in [2.05, 4.69) is 15.9 Å². The fourth-order valence-electron chi connectivity index (χ4n) is 1.93. The van der Waals surface area contributed by atoms with Crippen LogP contribution in [0.2, 0.25) is 0 Å². The van der Waals surface area contributed by atoms with Crippen molar-refractivity contribution in [2.75, 3.05) is 0 Å². The molecule has 2 nitrogen and oxygen atoms in total. The Morgan fingerprint density at radius 3 is 2.60 bits per heavy atom. The molecular weight excluding hydrogens is 321 g/mol. The van der Waals surface area contributed by atoms with Crippen molar-refractivity contribution in [2.24, 2.45) is 5.73 Å². The normalized spacial score (nSPS) is 12.2. The molecule has 4 heteroatoms. The van der Waals surface area contributed by atoms with Crippen molar-refractivity contribution in [3.8, 4) is 11.5 Å². The minimum absolute atomic E-state index is 0.00953. The summed E-state index contributed by atoms with van der Waals surface area (Å²) in [7, 11) is 0. The molecule has 1 atom stereocenters. The topological polar surface area (TPSA) is 35.2 Å². The first-order chi connectivity index (χ1) is 9.45. The van der Waals surface area contributed by atoms with Crippen molar-refractivity contribution in [2.45, 2.75) is 26.3 Å². The predicted molar refractivity (Wildman–Crippen MR) is 82.7 cm³/mol. The molecule has 20 heavy (non-hydrogen) atoms. The zero-order valence-electron chi connectivity index (χ0n) is 11.5. The van der Waals surface area contributed by atoms with E-state index in [9.17, 15) is 4.39 Å². The molecule has 0 spiro atoms. The number of rotatable bonds is 4. The van der Waals surface area contributed by atoms with Crippen LogP contribution >= 0.6 is 15.9 Å². The Morgan fingerprint density at radius 1 is 1.25 bits per heavy atom. The summed E-state index contributed by atoms with van der Waals surface area (Å²) in [6, 6.07) is 10.5. The Labute approximate surface area is 126 Å². The zero-order valence-corrected chi connectivity index (χ0v) is 13.1. The number of nitrogens with two attached hydrogens (primary N) is 1. The minimum Gasteiger partial charge on any atom is -0.454 e. The maximum absolute atomic E-state index is 14.0. The Morgan fingerprint density at radius 2 is 2.00 bits per heavy atom. The van der Waals surface area contributed by atoms with Crippen LogP contribution in [0.4, 0.5) is 4.39 Å². The minimum atomic E-state index is -0.372. The second kappa shape index (κ2) is 6.37. The molecule has 0 aromatic heterocycles. The Kier molecular flexibility index (Phi) is 4.78. The second-order valence-corrected chi connectivity index (χ2v) is 5.81. The quantitative estimate of drug-likeness (QED) is 0.886. The second-order valence-electron chi connectivity index (χ2n) is 4.96. The van der Waals surface area contributed by atoms with Gasteiger partial charge in [-0.25, -0.2) is 4.39 Å². The fraction of sp³-hybridized carbons (Fsp3) is 0.250. The highest BCUT2D eigenvalue weighted by molar-refractivity contribution is 9.10. The van der Waals surface area contributed by atoms with E-state index in [0.29, 0.717) is 12.2 Å². The molecule has 1 unspecified atom stereocenters. The average molecular weight is 338 g/mol. The van der Waals surface area contributed by atoms with Crippen molar-refractivity contribution in [3.05, 3.63) is 57.8 Å². The van der Waals surface area contributed by atoms with Crippen LogP contribution in [-0.4, -0.2) is 6.04 Å². The van der Waals surface area contributed by atoms with Crippen LogP contribution in [0, 0.1) is 12.7 Å². The van der Waals surface area contributed by atoms with Crippen molar-refractivity contribution in [1.29, 1.82) is 0 Å². The smallest absolute Gasteiger partial charge is 0.165 e. The highest BCUT2D eigenvalue weighted by Gasteiger charge is 2.08. The summed E-state index contributed by atoms with van der Waals surface area (Å²) in [6.45, 7) is 3.85. The van der Waals surface area contributed by atoms with Gasteiger partial charge in [-0.1, -0.05) is 22.0 Å². The maximum Gasteiger partial charge on any atom is 0.165 e. The number of benzene rings is 2. The third-order valence-electron chi connectivity index (χ3n) is 2.91. The van der Waals surface area contributed by atoms with Gasteiger partial charge in [0.15, 0.2) is 11.6 Å². The van der Waals surface area contributed by atoms with E-state index in [1.54, 1.807) is 12.1 Å². The lowest BCUT2D eigenvalue weighted by molar-refractivity contribution is 0.441. The lowest BCUT2D eigenvalue weighted by atomic mass is 10.1. The van der Waals surface area contributed by atoms with Gasteiger partial charge in [0, 0.05) is 10.5 Å². The van der Waals surface area contributed by atoms with E-state index in [1.807, 2.05) is 32.0 Å². The summed E-state index contributed by atoms with van der Waals surface area (Å²) >= 11 is 3.42. The average Bonchev–Trinajstić information content (AvgIpc) is 2.36. The third-order valence-corrected chi connectivity index (χ3v) is 3.80. The highest BCUT2D eigenvalue weighted by atomic mass is 79.9. The van der Waals surface area contributed by atoms with Gasteiger partial charge in [0.1, 0.15) is 5.75 Å². The molecule has 0 saturated heterocycles. The Hall–Kier alpha value is -1.39. The molecule has 2 rings (SSSR count). The molecule has 0 heterocycles. The van der Waals surface area contributed by atoms with Crippen LogP contribution in [0.1, 0.15) is 18.1 Å². The van der Waals surface area contributed by atoms with E-state index in [-0.39, 0.29) is 17.6 Å². The number of ether oxygens (including phenoxy) is 1. The summed E-state index contributed by atoms with van der Waals surface area (Å²) in [6.07, 6.45) is 0.647. The van der Waals surface area contributed by atoms with Gasteiger partial charge < -0.3 is 10.5 Å². The monoisotopic (exact) mass is 337 g/mol. The Balaban J connectivity index is 2.19. The maximum atomic E-state index is 14.0. The van der Waals surface area contributed by atoms with Crippen molar-refractivity contribution in [3.63, 3.8) is 0 Å². The van der Waals surface area contributed by atoms with E-state index >= 15 is 0 Å². The van der Waals surface area contributed by atoms with Crippen LogP contribution < -0.4 is 10.5 Å². The molecule has 0 aliphatic rings. The van der Waals surface area contributed by atoms with Crippen molar-refractivity contribution >= 4 is 15.9 Å². The fourth-order valence-corrected chi connectivity index (χ4v) is 2.18. The van der Waals surface area contributed by atoms with Gasteiger partial charge in [-0.2, -0.15) is 0 Å². The largest absolute Gasteiger partial charge is 0.454 e. The van der Waals surface area contributed by atoms with Crippen LogP contribution in [0.25, 0.3) is 0 Å². The van der Waals surface area contributed by atoms with E-state index in [1.165, 1.54) is 6.07 Å². The first kappa shape index (κ1) is 15.0.